The standard InChI is InChI=1S/C18H17NO/c20-18(16-11-12-8-9-14(16)10-12)19-17-7-3-5-13-4-1-2-6-15(13)17/h1-9,12,14,16H,10-11H2,(H,19,20)/t12-,14+,16-/m0/s1. The molecule has 100 valence electrons. The van der Waals surface area contributed by atoms with Crippen molar-refractivity contribution in [1.82, 2.24) is 0 Å². The van der Waals surface area contributed by atoms with Gasteiger partial charge in [-0.15, -0.1) is 0 Å². The summed E-state index contributed by atoms with van der Waals surface area (Å²) in [7, 11) is 0. The van der Waals surface area contributed by atoms with E-state index in [1.165, 1.54) is 0 Å². The Kier molecular flexibility index (Phi) is 2.62. The molecule has 2 nitrogen and oxygen atoms in total. The minimum atomic E-state index is 0.156. The number of carbonyl (C=O) groups excluding carboxylic acids is 1. The minimum Gasteiger partial charge on any atom is -0.325 e. The number of fused-ring (bicyclic) bond motifs is 3. The third-order valence-electron chi connectivity index (χ3n) is 4.66. The molecule has 0 heterocycles. The summed E-state index contributed by atoms with van der Waals surface area (Å²) in [5, 5.41) is 5.42. The lowest BCUT2D eigenvalue weighted by Crippen LogP contribution is -2.25. The van der Waals surface area contributed by atoms with E-state index in [-0.39, 0.29) is 11.8 Å². The Balaban J connectivity index is 1.62. The predicted octanol–water partition coefficient (Wildman–Crippen LogP) is 3.99. The van der Waals surface area contributed by atoms with E-state index in [4.69, 9.17) is 0 Å². The highest BCUT2D eigenvalue weighted by Gasteiger charge is 2.39. The fourth-order valence-corrected chi connectivity index (χ4v) is 3.64. The molecule has 2 aromatic carbocycles. The van der Waals surface area contributed by atoms with E-state index in [0.29, 0.717) is 11.8 Å². The highest BCUT2D eigenvalue weighted by Crippen LogP contribution is 2.43. The molecule has 0 unspecified atom stereocenters. The third-order valence-corrected chi connectivity index (χ3v) is 4.66. The summed E-state index contributed by atoms with van der Waals surface area (Å²) in [5.74, 6) is 1.42. The SMILES string of the molecule is O=C(Nc1cccc2ccccc12)[C@H]1C[C@H]2C=C[C@@H]1C2. The van der Waals surface area contributed by atoms with Crippen LogP contribution >= 0.6 is 0 Å². The minimum absolute atomic E-state index is 0.156. The van der Waals surface area contributed by atoms with Crippen LogP contribution in [0.15, 0.2) is 54.6 Å². The van der Waals surface area contributed by atoms with Gasteiger partial charge in [0.25, 0.3) is 0 Å². The second-order valence-electron chi connectivity index (χ2n) is 5.90. The molecule has 2 aliphatic rings. The third kappa shape index (κ3) is 1.83. The Labute approximate surface area is 118 Å². The van der Waals surface area contributed by atoms with Gasteiger partial charge in [-0.1, -0.05) is 48.6 Å². The molecule has 2 aliphatic carbocycles. The topological polar surface area (TPSA) is 29.1 Å². The number of benzene rings is 2. The van der Waals surface area contributed by atoms with Crippen LogP contribution in [-0.2, 0) is 4.79 Å². The van der Waals surface area contributed by atoms with Crippen LogP contribution in [0.5, 0.6) is 0 Å². The van der Waals surface area contributed by atoms with Gasteiger partial charge in [0.05, 0.1) is 0 Å². The van der Waals surface area contributed by atoms with Crippen molar-refractivity contribution in [2.24, 2.45) is 17.8 Å². The zero-order valence-electron chi connectivity index (χ0n) is 11.3. The average molecular weight is 263 g/mol. The van der Waals surface area contributed by atoms with Crippen molar-refractivity contribution in [3.8, 4) is 0 Å². The second-order valence-corrected chi connectivity index (χ2v) is 5.90. The van der Waals surface area contributed by atoms with Gasteiger partial charge in [-0.2, -0.15) is 0 Å². The van der Waals surface area contributed by atoms with Crippen LogP contribution in [0.3, 0.4) is 0 Å². The largest absolute Gasteiger partial charge is 0.325 e. The molecule has 3 atom stereocenters. The fourth-order valence-electron chi connectivity index (χ4n) is 3.64. The lowest BCUT2D eigenvalue weighted by Gasteiger charge is -2.18. The van der Waals surface area contributed by atoms with Gasteiger partial charge < -0.3 is 5.32 Å². The Morgan fingerprint density at radius 1 is 1.00 bits per heavy atom. The van der Waals surface area contributed by atoms with Crippen LogP contribution in [0.2, 0.25) is 0 Å². The fraction of sp³-hybridized carbons (Fsp3) is 0.278. The van der Waals surface area contributed by atoms with E-state index in [1.807, 2.05) is 24.3 Å². The van der Waals surface area contributed by atoms with Gasteiger partial charge in [-0.25, -0.2) is 0 Å². The summed E-state index contributed by atoms with van der Waals surface area (Å²) in [6.45, 7) is 0. The van der Waals surface area contributed by atoms with Crippen LogP contribution in [0.4, 0.5) is 5.69 Å². The predicted molar refractivity (Wildman–Crippen MR) is 81.4 cm³/mol. The normalized spacial score (nSPS) is 27.1. The highest BCUT2D eigenvalue weighted by molar-refractivity contribution is 6.03. The number of nitrogens with one attached hydrogen (secondary N) is 1. The van der Waals surface area contributed by atoms with Crippen molar-refractivity contribution in [3.63, 3.8) is 0 Å². The Hall–Kier alpha value is -2.09. The number of allylic oxidation sites excluding steroid dienone is 2. The van der Waals surface area contributed by atoms with Gasteiger partial charge in [0.1, 0.15) is 0 Å². The van der Waals surface area contributed by atoms with Gasteiger partial charge in [-0.05, 0) is 36.1 Å². The van der Waals surface area contributed by atoms with Crippen molar-refractivity contribution in [2.75, 3.05) is 5.32 Å². The smallest absolute Gasteiger partial charge is 0.228 e. The maximum Gasteiger partial charge on any atom is 0.228 e. The van der Waals surface area contributed by atoms with Crippen molar-refractivity contribution in [1.29, 1.82) is 0 Å². The van der Waals surface area contributed by atoms with Crippen molar-refractivity contribution in [2.45, 2.75) is 12.8 Å². The molecule has 2 aromatic rings. The first-order valence-corrected chi connectivity index (χ1v) is 7.28. The van der Waals surface area contributed by atoms with Crippen molar-refractivity contribution >= 4 is 22.4 Å². The van der Waals surface area contributed by atoms with Gasteiger partial charge in [-0.3, -0.25) is 4.79 Å². The Morgan fingerprint density at radius 2 is 1.85 bits per heavy atom. The molecule has 2 bridgehead atoms. The molecule has 20 heavy (non-hydrogen) atoms. The molecular weight excluding hydrogens is 246 g/mol. The molecule has 2 heteroatoms. The summed E-state index contributed by atoms with van der Waals surface area (Å²) in [6.07, 6.45) is 6.67. The molecular formula is C18H17NO. The van der Waals surface area contributed by atoms with Crippen LogP contribution < -0.4 is 5.32 Å². The van der Waals surface area contributed by atoms with Crippen LogP contribution in [-0.4, -0.2) is 5.91 Å². The Morgan fingerprint density at radius 3 is 2.65 bits per heavy atom. The zero-order chi connectivity index (χ0) is 13.5. The zero-order valence-corrected chi connectivity index (χ0v) is 11.3. The van der Waals surface area contributed by atoms with Crippen molar-refractivity contribution in [3.05, 3.63) is 54.6 Å². The molecule has 0 saturated heterocycles. The van der Waals surface area contributed by atoms with E-state index < -0.39 is 0 Å². The first-order chi connectivity index (χ1) is 9.81. The molecule has 4 rings (SSSR count). The molecule has 0 aromatic heterocycles. The van der Waals surface area contributed by atoms with E-state index in [1.54, 1.807) is 0 Å². The maximum absolute atomic E-state index is 12.5. The number of amides is 1. The van der Waals surface area contributed by atoms with E-state index in [0.717, 1.165) is 29.3 Å². The lowest BCUT2D eigenvalue weighted by atomic mass is 9.92. The maximum atomic E-state index is 12.5. The lowest BCUT2D eigenvalue weighted by molar-refractivity contribution is -0.120. The van der Waals surface area contributed by atoms with Crippen molar-refractivity contribution < 1.29 is 4.79 Å². The molecule has 1 fully saturated rings. The van der Waals surface area contributed by atoms with E-state index in [9.17, 15) is 4.79 Å². The van der Waals surface area contributed by atoms with E-state index >= 15 is 0 Å². The van der Waals surface area contributed by atoms with Gasteiger partial charge >= 0.3 is 0 Å². The first kappa shape index (κ1) is 11.7. The summed E-state index contributed by atoms with van der Waals surface area (Å²) >= 11 is 0. The average Bonchev–Trinajstić information content (AvgIpc) is 3.10. The van der Waals surface area contributed by atoms with Crippen LogP contribution in [0.25, 0.3) is 10.8 Å². The quantitative estimate of drug-likeness (QED) is 0.815. The number of carbonyl (C=O) groups is 1. The molecule has 0 radical (unpaired) electrons. The first-order valence-electron chi connectivity index (χ1n) is 7.28. The molecule has 1 N–H and O–H groups in total. The monoisotopic (exact) mass is 263 g/mol. The number of anilines is 1. The van der Waals surface area contributed by atoms with Crippen LogP contribution in [0, 0.1) is 17.8 Å². The summed E-state index contributed by atoms with van der Waals surface area (Å²) in [4.78, 5) is 12.5. The number of rotatable bonds is 2. The van der Waals surface area contributed by atoms with Gasteiger partial charge in [0.2, 0.25) is 5.91 Å². The summed E-state index contributed by atoms with van der Waals surface area (Å²) < 4.78 is 0. The van der Waals surface area contributed by atoms with Gasteiger partial charge in [0, 0.05) is 17.0 Å². The summed E-state index contributed by atoms with van der Waals surface area (Å²) in [6, 6.07) is 14.2. The van der Waals surface area contributed by atoms with Gasteiger partial charge in [0.15, 0.2) is 0 Å². The van der Waals surface area contributed by atoms with E-state index in [2.05, 4.69) is 35.7 Å². The van der Waals surface area contributed by atoms with Crippen LogP contribution in [0.1, 0.15) is 12.8 Å². The highest BCUT2D eigenvalue weighted by atomic mass is 16.1. The number of hydrogen-bond acceptors (Lipinski definition) is 1. The Bertz CT molecular complexity index is 698. The second kappa shape index (κ2) is 4.48. The molecule has 0 spiro atoms. The summed E-state index contributed by atoms with van der Waals surface area (Å²) in [5.41, 5.74) is 0.930. The molecule has 1 saturated carbocycles. The molecule has 1 amide bonds. The molecule has 0 aliphatic heterocycles. The number of hydrogen-bond donors (Lipinski definition) is 1.